The predicted octanol–water partition coefficient (Wildman–Crippen LogP) is 3.46. The van der Waals surface area contributed by atoms with Gasteiger partial charge in [-0.05, 0) is 44.4 Å². The van der Waals surface area contributed by atoms with Crippen LogP contribution in [0.4, 0.5) is 5.95 Å². The van der Waals surface area contributed by atoms with E-state index in [4.69, 9.17) is 4.74 Å². The number of methoxy groups -OCH3 is 1. The molecule has 0 saturated heterocycles. The van der Waals surface area contributed by atoms with Crippen molar-refractivity contribution in [1.29, 1.82) is 0 Å². The lowest BCUT2D eigenvalue weighted by Crippen LogP contribution is -2.31. The molecule has 0 aliphatic heterocycles. The molecular weight excluding hydrogens is 250 g/mol. The number of aromatic nitrogens is 2. The highest BCUT2D eigenvalue weighted by molar-refractivity contribution is 5.30. The maximum absolute atomic E-state index is 5.13. The summed E-state index contributed by atoms with van der Waals surface area (Å²) < 4.78 is 7.37. The second kappa shape index (κ2) is 7.11. The fraction of sp³-hybridized carbons (Fsp3) is 0.812. The van der Waals surface area contributed by atoms with Crippen molar-refractivity contribution in [2.75, 3.05) is 19.0 Å². The summed E-state index contributed by atoms with van der Waals surface area (Å²) >= 11 is 0. The molecule has 0 spiro atoms. The van der Waals surface area contributed by atoms with E-state index in [1.165, 1.54) is 19.3 Å². The molecule has 3 unspecified atom stereocenters. The van der Waals surface area contributed by atoms with Crippen LogP contribution in [0, 0.1) is 18.8 Å². The Hall–Kier alpha value is -1.03. The molecule has 3 atom stereocenters. The second-order valence-electron chi connectivity index (χ2n) is 6.35. The molecule has 1 aromatic rings. The smallest absolute Gasteiger partial charge is 0.203 e. The molecule has 1 aromatic heterocycles. The summed E-state index contributed by atoms with van der Waals surface area (Å²) in [5.41, 5.74) is 1.09. The van der Waals surface area contributed by atoms with E-state index in [0.29, 0.717) is 6.04 Å². The molecule has 2 rings (SSSR count). The maximum atomic E-state index is 5.13. The molecule has 1 N–H and O–H groups in total. The van der Waals surface area contributed by atoms with Gasteiger partial charge in [0.25, 0.3) is 0 Å². The van der Waals surface area contributed by atoms with Crippen molar-refractivity contribution in [2.24, 2.45) is 11.8 Å². The molecule has 1 fully saturated rings. The molecule has 1 aliphatic carbocycles. The Kier molecular flexibility index (Phi) is 5.46. The standard InChI is InChI=1S/C16H29N3O/c1-12-6-7-15(10-13(12)2)18-16-17-14(3)11-19(16)8-5-9-20-4/h11-13,15H,5-10H2,1-4H3,(H,17,18). The van der Waals surface area contributed by atoms with E-state index in [9.17, 15) is 0 Å². The van der Waals surface area contributed by atoms with Gasteiger partial charge in [0.15, 0.2) is 0 Å². The van der Waals surface area contributed by atoms with Crippen LogP contribution < -0.4 is 5.32 Å². The molecule has 1 aliphatic rings. The highest BCUT2D eigenvalue weighted by Gasteiger charge is 2.25. The van der Waals surface area contributed by atoms with Crippen molar-refractivity contribution in [1.82, 2.24) is 9.55 Å². The number of nitrogens with one attached hydrogen (secondary N) is 1. The zero-order valence-corrected chi connectivity index (χ0v) is 13.4. The molecule has 0 amide bonds. The Labute approximate surface area is 122 Å². The highest BCUT2D eigenvalue weighted by Crippen LogP contribution is 2.30. The van der Waals surface area contributed by atoms with Gasteiger partial charge in [-0.3, -0.25) is 0 Å². The van der Waals surface area contributed by atoms with E-state index in [-0.39, 0.29) is 0 Å². The Morgan fingerprint density at radius 2 is 2.15 bits per heavy atom. The van der Waals surface area contributed by atoms with Crippen molar-refractivity contribution >= 4 is 5.95 Å². The van der Waals surface area contributed by atoms with Gasteiger partial charge >= 0.3 is 0 Å². The van der Waals surface area contributed by atoms with Crippen LogP contribution in [0.2, 0.25) is 0 Å². The van der Waals surface area contributed by atoms with Gasteiger partial charge in [0.05, 0.1) is 5.69 Å². The minimum Gasteiger partial charge on any atom is -0.385 e. The number of aryl methyl sites for hydroxylation is 2. The lowest BCUT2D eigenvalue weighted by molar-refractivity contribution is 0.190. The molecule has 20 heavy (non-hydrogen) atoms. The third kappa shape index (κ3) is 3.98. The van der Waals surface area contributed by atoms with E-state index in [1.54, 1.807) is 7.11 Å². The molecular formula is C16H29N3O. The third-order valence-corrected chi connectivity index (χ3v) is 4.58. The first-order chi connectivity index (χ1) is 9.60. The van der Waals surface area contributed by atoms with Crippen LogP contribution in [0.1, 0.15) is 45.2 Å². The van der Waals surface area contributed by atoms with Gasteiger partial charge in [-0.25, -0.2) is 4.98 Å². The SMILES string of the molecule is COCCCn1cc(C)nc1NC1CCC(C)C(C)C1. The zero-order chi connectivity index (χ0) is 14.5. The summed E-state index contributed by atoms with van der Waals surface area (Å²) in [4.78, 5) is 4.64. The van der Waals surface area contributed by atoms with Gasteiger partial charge in [-0.2, -0.15) is 0 Å². The van der Waals surface area contributed by atoms with Crippen molar-refractivity contribution in [2.45, 2.75) is 59.0 Å². The van der Waals surface area contributed by atoms with E-state index in [0.717, 1.165) is 43.1 Å². The summed E-state index contributed by atoms with van der Waals surface area (Å²) in [5.74, 6) is 2.70. The van der Waals surface area contributed by atoms with E-state index < -0.39 is 0 Å². The summed E-state index contributed by atoms with van der Waals surface area (Å²) in [7, 11) is 1.75. The Morgan fingerprint density at radius 3 is 2.85 bits per heavy atom. The monoisotopic (exact) mass is 279 g/mol. The number of hydrogen-bond donors (Lipinski definition) is 1. The Morgan fingerprint density at radius 1 is 1.35 bits per heavy atom. The number of rotatable bonds is 6. The number of nitrogens with zero attached hydrogens (tertiary/aromatic N) is 2. The Bertz CT molecular complexity index is 416. The first-order valence-electron chi connectivity index (χ1n) is 7.89. The molecule has 0 aromatic carbocycles. The van der Waals surface area contributed by atoms with Crippen molar-refractivity contribution < 1.29 is 4.74 Å². The van der Waals surface area contributed by atoms with Crippen LogP contribution in [0.3, 0.4) is 0 Å². The van der Waals surface area contributed by atoms with Gasteiger partial charge in [-0.1, -0.05) is 13.8 Å². The maximum Gasteiger partial charge on any atom is 0.203 e. The zero-order valence-electron chi connectivity index (χ0n) is 13.4. The van der Waals surface area contributed by atoms with Crippen LogP contribution in [-0.2, 0) is 11.3 Å². The second-order valence-corrected chi connectivity index (χ2v) is 6.35. The molecule has 1 saturated carbocycles. The van der Waals surface area contributed by atoms with Crippen LogP contribution in [-0.4, -0.2) is 29.3 Å². The van der Waals surface area contributed by atoms with Crippen LogP contribution in [0.5, 0.6) is 0 Å². The van der Waals surface area contributed by atoms with Crippen LogP contribution in [0.15, 0.2) is 6.20 Å². The molecule has 4 nitrogen and oxygen atoms in total. The number of hydrogen-bond acceptors (Lipinski definition) is 3. The number of ether oxygens (including phenoxy) is 1. The average Bonchev–Trinajstić information content (AvgIpc) is 2.74. The summed E-state index contributed by atoms with van der Waals surface area (Å²) in [6.45, 7) is 8.57. The third-order valence-electron chi connectivity index (χ3n) is 4.58. The lowest BCUT2D eigenvalue weighted by atomic mass is 9.79. The molecule has 114 valence electrons. The quantitative estimate of drug-likeness (QED) is 0.810. The van der Waals surface area contributed by atoms with E-state index >= 15 is 0 Å². The van der Waals surface area contributed by atoms with Gasteiger partial charge in [-0.15, -0.1) is 0 Å². The average molecular weight is 279 g/mol. The first kappa shape index (κ1) is 15.4. The van der Waals surface area contributed by atoms with E-state index in [1.807, 2.05) is 0 Å². The van der Waals surface area contributed by atoms with Gasteiger partial charge in [0.2, 0.25) is 5.95 Å². The number of anilines is 1. The van der Waals surface area contributed by atoms with Crippen LogP contribution >= 0.6 is 0 Å². The highest BCUT2D eigenvalue weighted by atomic mass is 16.5. The summed E-state index contributed by atoms with van der Waals surface area (Å²) in [6, 6.07) is 0.573. The minimum atomic E-state index is 0.573. The van der Waals surface area contributed by atoms with E-state index in [2.05, 4.69) is 41.8 Å². The first-order valence-corrected chi connectivity index (χ1v) is 7.89. The van der Waals surface area contributed by atoms with Gasteiger partial charge in [0.1, 0.15) is 0 Å². The van der Waals surface area contributed by atoms with Crippen molar-refractivity contribution in [3.05, 3.63) is 11.9 Å². The largest absolute Gasteiger partial charge is 0.385 e. The topological polar surface area (TPSA) is 39.1 Å². The number of imidazole rings is 1. The lowest BCUT2D eigenvalue weighted by Gasteiger charge is -2.32. The normalized spacial score (nSPS) is 26.7. The molecule has 4 heteroatoms. The molecule has 0 radical (unpaired) electrons. The molecule has 1 heterocycles. The van der Waals surface area contributed by atoms with Gasteiger partial charge in [0, 0.05) is 32.5 Å². The fourth-order valence-electron chi connectivity index (χ4n) is 3.07. The predicted molar refractivity (Wildman–Crippen MR) is 83.0 cm³/mol. The Balaban J connectivity index is 1.94. The molecule has 0 bridgehead atoms. The van der Waals surface area contributed by atoms with Gasteiger partial charge < -0.3 is 14.6 Å². The summed E-state index contributed by atoms with van der Waals surface area (Å²) in [5, 5.41) is 3.66. The fourth-order valence-corrected chi connectivity index (χ4v) is 3.07. The van der Waals surface area contributed by atoms with Crippen LogP contribution in [0.25, 0.3) is 0 Å². The summed E-state index contributed by atoms with van der Waals surface area (Å²) in [6.07, 6.45) is 6.99. The van der Waals surface area contributed by atoms with Crippen molar-refractivity contribution in [3.63, 3.8) is 0 Å². The van der Waals surface area contributed by atoms with Crippen molar-refractivity contribution in [3.8, 4) is 0 Å². The minimum absolute atomic E-state index is 0.573.